The van der Waals surface area contributed by atoms with Gasteiger partial charge in [0.1, 0.15) is 11.9 Å². The van der Waals surface area contributed by atoms with Crippen molar-refractivity contribution >= 4 is 11.7 Å². The molecule has 6 nitrogen and oxygen atoms in total. The van der Waals surface area contributed by atoms with Gasteiger partial charge in [-0.3, -0.25) is 0 Å². The summed E-state index contributed by atoms with van der Waals surface area (Å²) < 4.78 is 6.15. The van der Waals surface area contributed by atoms with E-state index in [1.165, 1.54) is 0 Å². The summed E-state index contributed by atoms with van der Waals surface area (Å²) in [6.07, 6.45) is 2.08. The normalized spacial score (nSPS) is 16.2. The molecule has 2 N–H and O–H groups in total. The lowest BCUT2D eigenvalue weighted by Gasteiger charge is -2.29. The van der Waals surface area contributed by atoms with E-state index in [9.17, 15) is 9.90 Å². The zero-order valence-corrected chi connectivity index (χ0v) is 16.2. The second-order valence-electron chi connectivity index (χ2n) is 7.30. The topological polar surface area (TPSA) is 85.6 Å². The highest BCUT2D eigenvalue weighted by Crippen LogP contribution is 2.27. The number of likely N-dealkylation sites (tertiary alicyclic amines) is 1. The molecule has 1 saturated heterocycles. The number of carboxylic acids is 1. The molecule has 1 aliphatic heterocycles. The third-order valence-electron chi connectivity index (χ3n) is 4.95. The van der Waals surface area contributed by atoms with Crippen LogP contribution in [0.2, 0.25) is 0 Å². The Morgan fingerprint density at radius 2 is 1.93 bits per heavy atom. The maximum absolute atomic E-state index is 11.9. The van der Waals surface area contributed by atoms with Crippen LogP contribution >= 0.6 is 0 Å². The maximum Gasteiger partial charge on any atom is 0.330 e. The number of benzene rings is 2. The molecule has 0 aromatic heterocycles. The molecule has 0 amide bonds. The highest BCUT2D eigenvalue weighted by atomic mass is 16.5. The quantitative estimate of drug-likeness (QED) is 0.798. The summed E-state index contributed by atoms with van der Waals surface area (Å²) in [5.74, 6) is -0.266. The average molecular weight is 379 g/mol. The van der Waals surface area contributed by atoms with Gasteiger partial charge in [-0.05, 0) is 74.3 Å². The van der Waals surface area contributed by atoms with Crippen LogP contribution in [0.4, 0.5) is 5.69 Å². The van der Waals surface area contributed by atoms with Crippen molar-refractivity contribution in [2.24, 2.45) is 0 Å². The first-order valence-electron chi connectivity index (χ1n) is 9.41. The monoisotopic (exact) mass is 379 g/mol. The van der Waals surface area contributed by atoms with Crippen molar-refractivity contribution in [1.82, 2.24) is 4.90 Å². The van der Waals surface area contributed by atoms with Gasteiger partial charge in [0.25, 0.3) is 0 Å². The zero-order chi connectivity index (χ0) is 20.1. The molecule has 6 heteroatoms. The predicted octanol–water partition coefficient (Wildman–Crippen LogP) is 3.58. The van der Waals surface area contributed by atoms with E-state index in [1.807, 2.05) is 19.1 Å². The fourth-order valence-corrected chi connectivity index (χ4v) is 3.40. The van der Waals surface area contributed by atoms with E-state index >= 15 is 0 Å². The number of rotatable bonds is 6. The minimum absolute atomic E-state index is 0.153. The molecular weight excluding hydrogens is 354 g/mol. The van der Waals surface area contributed by atoms with Crippen LogP contribution in [0.1, 0.15) is 35.6 Å². The van der Waals surface area contributed by atoms with Gasteiger partial charge in [-0.2, -0.15) is 5.26 Å². The number of carbonyl (C=O) groups is 1. The van der Waals surface area contributed by atoms with Crippen LogP contribution in [0.3, 0.4) is 0 Å². The molecule has 0 saturated carbocycles. The molecule has 0 bridgehead atoms. The van der Waals surface area contributed by atoms with Gasteiger partial charge >= 0.3 is 5.97 Å². The van der Waals surface area contributed by atoms with E-state index in [1.54, 1.807) is 30.3 Å². The molecule has 2 aromatic carbocycles. The molecule has 146 valence electrons. The molecule has 3 rings (SSSR count). The van der Waals surface area contributed by atoms with Gasteiger partial charge in [0.15, 0.2) is 6.04 Å². The van der Waals surface area contributed by atoms with E-state index in [0.717, 1.165) is 31.5 Å². The van der Waals surface area contributed by atoms with Crippen molar-refractivity contribution in [3.8, 4) is 11.8 Å². The summed E-state index contributed by atoms with van der Waals surface area (Å²) >= 11 is 0. The Labute approximate surface area is 165 Å². The highest BCUT2D eigenvalue weighted by molar-refractivity contribution is 5.79. The average Bonchev–Trinajstić information content (AvgIpc) is 2.67. The minimum Gasteiger partial charge on any atom is -0.490 e. The van der Waals surface area contributed by atoms with Crippen molar-refractivity contribution in [2.45, 2.75) is 31.9 Å². The first-order valence-corrected chi connectivity index (χ1v) is 9.41. The van der Waals surface area contributed by atoms with E-state index in [2.05, 4.69) is 23.3 Å². The van der Waals surface area contributed by atoms with Gasteiger partial charge in [0.2, 0.25) is 0 Å². The summed E-state index contributed by atoms with van der Waals surface area (Å²) in [5.41, 5.74) is 2.76. The number of carboxylic acid groups (broad SMARTS) is 1. The number of aryl methyl sites for hydroxylation is 1. The molecule has 1 aliphatic rings. The molecule has 1 heterocycles. The SMILES string of the molecule is Cc1cc(OC2CCN(C)CC2)cc(C(Nc2ccc(C#N)cc2)C(=O)O)c1. The van der Waals surface area contributed by atoms with E-state index in [4.69, 9.17) is 10.00 Å². The Bertz CT molecular complexity index is 866. The number of ether oxygens (including phenoxy) is 1. The largest absolute Gasteiger partial charge is 0.490 e. The second-order valence-corrected chi connectivity index (χ2v) is 7.30. The molecule has 2 aromatic rings. The van der Waals surface area contributed by atoms with Crippen molar-refractivity contribution in [2.75, 3.05) is 25.5 Å². The van der Waals surface area contributed by atoms with Crippen LogP contribution in [0.25, 0.3) is 0 Å². The Kier molecular flexibility index (Phi) is 6.17. The minimum atomic E-state index is -0.972. The summed E-state index contributed by atoms with van der Waals surface area (Å²) in [4.78, 5) is 14.2. The van der Waals surface area contributed by atoms with Gasteiger partial charge in [0.05, 0.1) is 11.6 Å². The van der Waals surface area contributed by atoms with Crippen LogP contribution in [-0.4, -0.2) is 42.2 Å². The standard InChI is InChI=1S/C22H25N3O3/c1-15-11-17(13-20(12-15)28-19-7-9-25(2)10-8-19)21(22(26)27)24-18-5-3-16(14-23)4-6-18/h3-6,11-13,19,21,24H,7-10H2,1-2H3,(H,26,27). The fraction of sp³-hybridized carbons (Fsp3) is 0.364. The third kappa shape index (κ3) is 5.02. The number of aliphatic carboxylic acids is 1. The Morgan fingerprint density at radius 1 is 1.25 bits per heavy atom. The molecule has 28 heavy (non-hydrogen) atoms. The number of nitriles is 1. The smallest absolute Gasteiger partial charge is 0.330 e. The summed E-state index contributed by atoms with van der Waals surface area (Å²) in [5, 5.41) is 21.7. The first-order chi connectivity index (χ1) is 13.4. The van der Waals surface area contributed by atoms with Crippen molar-refractivity contribution in [1.29, 1.82) is 5.26 Å². The lowest BCUT2D eigenvalue weighted by molar-refractivity contribution is -0.138. The van der Waals surface area contributed by atoms with Crippen LogP contribution in [0.15, 0.2) is 42.5 Å². The molecule has 1 fully saturated rings. The van der Waals surface area contributed by atoms with Gasteiger partial charge < -0.3 is 20.1 Å². The first kappa shape index (κ1) is 19.7. The number of anilines is 1. The Balaban J connectivity index is 1.79. The van der Waals surface area contributed by atoms with E-state index in [-0.39, 0.29) is 6.10 Å². The molecule has 0 radical (unpaired) electrons. The predicted molar refractivity (Wildman–Crippen MR) is 107 cm³/mol. The third-order valence-corrected chi connectivity index (χ3v) is 4.95. The summed E-state index contributed by atoms with van der Waals surface area (Å²) in [7, 11) is 2.10. The van der Waals surface area contributed by atoms with Crippen LogP contribution in [-0.2, 0) is 4.79 Å². The Hall–Kier alpha value is -3.04. The zero-order valence-electron chi connectivity index (χ0n) is 16.2. The number of hydrogen-bond acceptors (Lipinski definition) is 5. The maximum atomic E-state index is 11.9. The molecule has 1 unspecified atom stereocenters. The van der Waals surface area contributed by atoms with Crippen molar-refractivity contribution < 1.29 is 14.6 Å². The van der Waals surface area contributed by atoms with E-state index < -0.39 is 12.0 Å². The Morgan fingerprint density at radius 3 is 2.54 bits per heavy atom. The van der Waals surface area contributed by atoms with Crippen molar-refractivity contribution in [3.63, 3.8) is 0 Å². The summed E-state index contributed by atoms with van der Waals surface area (Å²) in [6.45, 7) is 3.94. The van der Waals surface area contributed by atoms with E-state index in [0.29, 0.717) is 22.6 Å². The van der Waals surface area contributed by atoms with Crippen LogP contribution in [0, 0.1) is 18.3 Å². The fourth-order valence-electron chi connectivity index (χ4n) is 3.40. The lowest BCUT2D eigenvalue weighted by Crippen LogP contribution is -2.35. The van der Waals surface area contributed by atoms with Gasteiger partial charge in [-0.1, -0.05) is 6.07 Å². The molecular formula is C22H25N3O3. The van der Waals surface area contributed by atoms with Gasteiger partial charge in [0, 0.05) is 18.8 Å². The summed E-state index contributed by atoms with van der Waals surface area (Å²) in [6, 6.07) is 13.5. The van der Waals surface area contributed by atoms with Crippen LogP contribution < -0.4 is 10.1 Å². The second kappa shape index (κ2) is 8.77. The number of nitrogens with zero attached hydrogens (tertiary/aromatic N) is 2. The molecule has 1 atom stereocenters. The lowest BCUT2D eigenvalue weighted by atomic mass is 10.0. The highest BCUT2D eigenvalue weighted by Gasteiger charge is 2.22. The number of nitrogens with one attached hydrogen (secondary N) is 1. The molecule has 0 spiro atoms. The van der Waals surface area contributed by atoms with Crippen LogP contribution in [0.5, 0.6) is 5.75 Å². The van der Waals surface area contributed by atoms with Gasteiger partial charge in [-0.25, -0.2) is 4.79 Å². The molecule has 0 aliphatic carbocycles. The van der Waals surface area contributed by atoms with Crippen molar-refractivity contribution in [3.05, 3.63) is 59.2 Å². The number of piperidine rings is 1. The number of hydrogen-bond donors (Lipinski definition) is 2. The van der Waals surface area contributed by atoms with Gasteiger partial charge in [-0.15, -0.1) is 0 Å².